The van der Waals surface area contributed by atoms with Crippen LogP contribution in [0.15, 0.2) is 36.4 Å². The SMILES string of the molecule is CCOC(=O)[C@]1(C#N)C=C1c1ccccc1. The van der Waals surface area contributed by atoms with E-state index < -0.39 is 11.4 Å². The first-order valence-corrected chi connectivity index (χ1v) is 5.12. The monoisotopic (exact) mass is 213 g/mol. The minimum absolute atomic E-state index is 0.290. The van der Waals surface area contributed by atoms with Crippen LogP contribution in [0.25, 0.3) is 5.57 Å². The molecule has 1 aliphatic carbocycles. The number of rotatable bonds is 3. The number of esters is 1. The Balaban J connectivity index is 2.21. The Hall–Kier alpha value is -2.08. The summed E-state index contributed by atoms with van der Waals surface area (Å²) in [5.41, 5.74) is 0.503. The van der Waals surface area contributed by atoms with Crippen molar-refractivity contribution < 1.29 is 9.53 Å². The molecule has 0 aromatic heterocycles. The summed E-state index contributed by atoms with van der Waals surface area (Å²) < 4.78 is 4.90. The molecule has 0 amide bonds. The van der Waals surface area contributed by atoms with Gasteiger partial charge in [0.15, 0.2) is 5.41 Å². The smallest absolute Gasteiger partial charge is 0.335 e. The molecule has 0 radical (unpaired) electrons. The Labute approximate surface area is 94.0 Å². The first kappa shape index (κ1) is 10.4. The third-order valence-corrected chi connectivity index (χ3v) is 2.56. The molecule has 1 aromatic rings. The lowest BCUT2D eigenvalue weighted by atomic mass is 9.98. The van der Waals surface area contributed by atoms with Crippen molar-refractivity contribution in [1.29, 1.82) is 5.26 Å². The number of nitriles is 1. The molecule has 1 aliphatic rings. The van der Waals surface area contributed by atoms with Crippen molar-refractivity contribution in [2.75, 3.05) is 6.61 Å². The van der Waals surface area contributed by atoms with Crippen LogP contribution in [0, 0.1) is 16.7 Å². The standard InChI is InChI=1S/C13H11NO2/c1-2-16-12(15)13(9-14)8-11(13)10-6-4-3-5-7-10/h3-8H,2H2,1H3/t13-/m0/s1. The minimum Gasteiger partial charge on any atom is -0.464 e. The number of carbonyl (C=O) groups is 1. The molecule has 80 valence electrons. The van der Waals surface area contributed by atoms with Crippen LogP contribution < -0.4 is 0 Å². The summed E-state index contributed by atoms with van der Waals surface area (Å²) in [6.45, 7) is 2.02. The van der Waals surface area contributed by atoms with Gasteiger partial charge >= 0.3 is 5.97 Å². The van der Waals surface area contributed by atoms with E-state index in [2.05, 4.69) is 0 Å². The topological polar surface area (TPSA) is 50.1 Å². The van der Waals surface area contributed by atoms with Gasteiger partial charge in [-0.3, -0.25) is 0 Å². The lowest BCUT2D eigenvalue weighted by Crippen LogP contribution is -2.20. The van der Waals surface area contributed by atoms with Gasteiger partial charge in [0, 0.05) is 0 Å². The van der Waals surface area contributed by atoms with Gasteiger partial charge < -0.3 is 4.74 Å². The van der Waals surface area contributed by atoms with E-state index in [4.69, 9.17) is 10.00 Å². The predicted octanol–water partition coefficient (Wildman–Crippen LogP) is 2.16. The number of benzene rings is 1. The molecule has 2 rings (SSSR count). The molecule has 0 N–H and O–H groups in total. The van der Waals surface area contributed by atoms with E-state index in [0.717, 1.165) is 11.1 Å². The molecule has 0 saturated heterocycles. The van der Waals surface area contributed by atoms with Gasteiger partial charge in [0.05, 0.1) is 12.7 Å². The van der Waals surface area contributed by atoms with E-state index in [1.165, 1.54) is 0 Å². The summed E-state index contributed by atoms with van der Waals surface area (Å²) in [5.74, 6) is -0.476. The van der Waals surface area contributed by atoms with Gasteiger partial charge in [-0.25, -0.2) is 4.79 Å². The van der Waals surface area contributed by atoms with Crippen LogP contribution in [0.2, 0.25) is 0 Å². The summed E-state index contributed by atoms with van der Waals surface area (Å²) in [6, 6.07) is 11.4. The van der Waals surface area contributed by atoms with Crippen molar-refractivity contribution in [2.24, 2.45) is 5.41 Å². The van der Waals surface area contributed by atoms with Crippen LogP contribution in [0.5, 0.6) is 0 Å². The molecule has 3 heteroatoms. The zero-order valence-corrected chi connectivity index (χ0v) is 8.93. The van der Waals surface area contributed by atoms with Crippen LogP contribution in [0.3, 0.4) is 0 Å². The fraction of sp³-hybridized carbons (Fsp3) is 0.231. The lowest BCUT2D eigenvalue weighted by Gasteiger charge is -2.08. The second-order valence-electron chi connectivity index (χ2n) is 3.56. The van der Waals surface area contributed by atoms with Crippen LogP contribution in [0.1, 0.15) is 12.5 Å². The van der Waals surface area contributed by atoms with Crippen molar-refractivity contribution in [3.8, 4) is 6.07 Å². The van der Waals surface area contributed by atoms with Crippen LogP contribution >= 0.6 is 0 Å². The first-order valence-electron chi connectivity index (χ1n) is 5.12. The van der Waals surface area contributed by atoms with Crippen molar-refractivity contribution in [3.05, 3.63) is 42.0 Å². The summed E-state index contributed by atoms with van der Waals surface area (Å²) in [7, 11) is 0. The van der Waals surface area contributed by atoms with E-state index in [9.17, 15) is 4.79 Å². The van der Waals surface area contributed by atoms with Crippen LogP contribution in [0.4, 0.5) is 0 Å². The highest BCUT2D eigenvalue weighted by atomic mass is 16.5. The summed E-state index contributed by atoms with van der Waals surface area (Å²) >= 11 is 0. The van der Waals surface area contributed by atoms with Crippen molar-refractivity contribution in [2.45, 2.75) is 6.92 Å². The van der Waals surface area contributed by atoms with Gasteiger partial charge in [0.2, 0.25) is 0 Å². The van der Waals surface area contributed by atoms with Gasteiger partial charge in [-0.15, -0.1) is 0 Å². The normalized spacial score (nSPS) is 21.9. The number of nitrogens with zero attached hydrogens (tertiary/aromatic N) is 1. The lowest BCUT2D eigenvalue weighted by molar-refractivity contribution is -0.146. The van der Waals surface area contributed by atoms with Gasteiger partial charge in [0.25, 0.3) is 0 Å². The Morgan fingerprint density at radius 2 is 2.12 bits per heavy atom. The molecule has 16 heavy (non-hydrogen) atoms. The van der Waals surface area contributed by atoms with Gasteiger partial charge in [-0.05, 0) is 24.1 Å². The highest BCUT2D eigenvalue weighted by Gasteiger charge is 2.53. The second kappa shape index (κ2) is 3.82. The molecule has 0 fully saturated rings. The number of carbonyl (C=O) groups excluding carboxylic acids is 1. The highest BCUT2D eigenvalue weighted by Crippen LogP contribution is 2.51. The van der Waals surface area contributed by atoms with Gasteiger partial charge in [-0.2, -0.15) is 5.26 Å². The summed E-state index contributed by atoms with van der Waals surface area (Å²) in [5, 5.41) is 9.08. The van der Waals surface area contributed by atoms with E-state index in [1.54, 1.807) is 13.0 Å². The fourth-order valence-corrected chi connectivity index (χ4v) is 1.66. The van der Waals surface area contributed by atoms with Crippen LogP contribution in [-0.2, 0) is 9.53 Å². The average molecular weight is 213 g/mol. The maximum absolute atomic E-state index is 11.6. The average Bonchev–Trinajstić information content (AvgIpc) is 3.06. The molecular formula is C13H11NO2. The number of hydrogen-bond donors (Lipinski definition) is 0. The summed E-state index contributed by atoms with van der Waals surface area (Å²) in [6.07, 6.45) is 1.65. The van der Waals surface area contributed by atoms with E-state index >= 15 is 0 Å². The molecule has 0 bridgehead atoms. The summed E-state index contributed by atoms with van der Waals surface area (Å²) in [4.78, 5) is 11.6. The maximum atomic E-state index is 11.6. The first-order chi connectivity index (χ1) is 7.74. The Bertz CT molecular complexity index is 484. The molecule has 1 aromatic carbocycles. The second-order valence-corrected chi connectivity index (χ2v) is 3.56. The quantitative estimate of drug-likeness (QED) is 0.723. The highest BCUT2D eigenvalue weighted by molar-refractivity contribution is 6.08. The Kier molecular flexibility index (Phi) is 2.49. The van der Waals surface area contributed by atoms with E-state index in [-0.39, 0.29) is 6.61 Å². The molecule has 0 saturated carbocycles. The van der Waals surface area contributed by atoms with Crippen molar-refractivity contribution in [1.82, 2.24) is 0 Å². The fourth-order valence-electron chi connectivity index (χ4n) is 1.66. The Morgan fingerprint density at radius 3 is 2.69 bits per heavy atom. The molecule has 1 atom stereocenters. The Morgan fingerprint density at radius 1 is 1.44 bits per heavy atom. The number of ether oxygens (including phenoxy) is 1. The maximum Gasteiger partial charge on any atom is 0.335 e. The minimum atomic E-state index is -1.14. The third-order valence-electron chi connectivity index (χ3n) is 2.56. The van der Waals surface area contributed by atoms with Crippen molar-refractivity contribution in [3.63, 3.8) is 0 Å². The molecule has 3 nitrogen and oxygen atoms in total. The van der Waals surface area contributed by atoms with Crippen LogP contribution in [-0.4, -0.2) is 12.6 Å². The van der Waals surface area contributed by atoms with Crippen molar-refractivity contribution >= 4 is 11.5 Å². The molecular weight excluding hydrogens is 202 g/mol. The number of hydrogen-bond acceptors (Lipinski definition) is 3. The third kappa shape index (κ3) is 1.49. The predicted molar refractivity (Wildman–Crippen MR) is 59.1 cm³/mol. The van der Waals surface area contributed by atoms with E-state index in [1.807, 2.05) is 36.4 Å². The molecule has 0 unspecified atom stereocenters. The van der Waals surface area contributed by atoms with Gasteiger partial charge in [0.1, 0.15) is 0 Å². The molecule has 0 aliphatic heterocycles. The molecule has 0 spiro atoms. The molecule has 0 heterocycles. The largest absolute Gasteiger partial charge is 0.464 e. The van der Waals surface area contributed by atoms with E-state index in [0.29, 0.717) is 0 Å². The zero-order valence-electron chi connectivity index (χ0n) is 8.93. The van der Waals surface area contributed by atoms with Gasteiger partial charge in [-0.1, -0.05) is 30.3 Å². The zero-order chi connectivity index (χ0) is 11.6.